The van der Waals surface area contributed by atoms with Gasteiger partial charge in [0.15, 0.2) is 0 Å². The average Bonchev–Trinajstić information content (AvgIpc) is 2.65. The third-order valence-electron chi connectivity index (χ3n) is 4.28. The van der Waals surface area contributed by atoms with Crippen LogP contribution in [0.15, 0.2) is 18.2 Å². The topological polar surface area (TPSA) is 12.0 Å². The first-order valence-electron chi connectivity index (χ1n) is 7.63. The molecule has 1 aromatic rings. The summed E-state index contributed by atoms with van der Waals surface area (Å²) in [7, 11) is 0. The summed E-state index contributed by atoms with van der Waals surface area (Å²) in [6.45, 7) is 5.62. The van der Waals surface area contributed by atoms with Crippen LogP contribution in [0.4, 0.5) is 5.69 Å². The summed E-state index contributed by atoms with van der Waals surface area (Å²) < 4.78 is 0. The first kappa shape index (κ1) is 13.5. The van der Waals surface area contributed by atoms with Gasteiger partial charge in [-0.2, -0.15) is 0 Å². The summed E-state index contributed by atoms with van der Waals surface area (Å²) in [4.78, 5) is 0. The lowest BCUT2D eigenvalue weighted by atomic mass is 9.99. The van der Waals surface area contributed by atoms with E-state index in [0.29, 0.717) is 0 Å². The van der Waals surface area contributed by atoms with Crippen molar-refractivity contribution in [1.82, 2.24) is 0 Å². The van der Waals surface area contributed by atoms with E-state index in [4.69, 9.17) is 0 Å². The Morgan fingerprint density at radius 3 is 2.50 bits per heavy atom. The van der Waals surface area contributed by atoms with E-state index in [2.05, 4.69) is 37.4 Å². The molecule has 100 valence electrons. The maximum absolute atomic E-state index is 3.73. The Labute approximate surface area is 112 Å². The van der Waals surface area contributed by atoms with Gasteiger partial charge >= 0.3 is 0 Å². The molecule has 1 nitrogen and oxygen atoms in total. The van der Waals surface area contributed by atoms with E-state index in [0.717, 1.165) is 18.9 Å². The average molecular weight is 245 g/mol. The molecule has 1 heteroatoms. The molecule has 0 atom stereocenters. The van der Waals surface area contributed by atoms with Crippen LogP contribution in [0.1, 0.15) is 56.6 Å². The first-order valence-corrected chi connectivity index (χ1v) is 7.63. The fraction of sp³-hybridized carbons (Fsp3) is 0.647. The summed E-state index contributed by atoms with van der Waals surface area (Å²) in [5.74, 6) is 0.886. The van der Waals surface area contributed by atoms with Gasteiger partial charge in [-0.25, -0.2) is 0 Å². The van der Waals surface area contributed by atoms with Crippen LogP contribution in [0.2, 0.25) is 0 Å². The van der Waals surface area contributed by atoms with Crippen molar-refractivity contribution < 1.29 is 0 Å². The van der Waals surface area contributed by atoms with Gasteiger partial charge in [0.25, 0.3) is 0 Å². The number of benzene rings is 1. The van der Waals surface area contributed by atoms with Crippen LogP contribution in [0, 0.1) is 12.8 Å². The molecule has 1 fully saturated rings. The third kappa shape index (κ3) is 3.51. The summed E-state index contributed by atoms with van der Waals surface area (Å²) >= 11 is 0. The van der Waals surface area contributed by atoms with Gasteiger partial charge in [0.2, 0.25) is 0 Å². The number of aryl methyl sites for hydroxylation is 2. The molecule has 0 spiro atoms. The Kier molecular flexibility index (Phi) is 5.10. The van der Waals surface area contributed by atoms with Gasteiger partial charge in [0, 0.05) is 12.2 Å². The van der Waals surface area contributed by atoms with Crippen LogP contribution >= 0.6 is 0 Å². The molecule has 1 saturated carbocycles. The van der Waals surface area contributed by atoms with E-state index < -0.39 is 0 Å². The van der Waals surface area contributed by atoms with Gasteiger partial charge in [-0.1, -0.05) is 50.8 Å². The van der Waals surface area contributed by atoms with E-state index in [-0.39, 0.29) is 0 Å². The minimum absolute atomic E-state index is 0.886. The zero-order valence-corrected chi connectivity index (χ0v) is 12.0. The smallest absolute Gasteiger partial charge is 0.0402 e. The Bertz CT molecular complexity index is 362. The van der Waals surface area contributed by atoms with E-state index in [1.165, 1.54) is 55.3 Å². The summed E-state index contributed by atoms with van der Waals surface area (Å²) in [6, 6.07) is 6.64. The van der Waals surface area contributed by atoms with Gasteiger partial charge in [0.1, 0.15) is 0 Å². The Hall–Kier alpha value is -0.980. The van der Waals surface area contributed by atoms with Crippen molar-refractivity contribution in [3.63, 3.8) is 0 Å². The standard InChI is InChI=1S/C17H27N/c1-3-16-12-8-9-14(2)17(16)18-13-15-10-6-4-5-7-11-15/h8-9,12,15,18H,3-7,10-11,13H2,1-2H3. The van der Waals surface area contributed by atoms with E-state index in [1.54, 1.807) is 0 Å². The van der Waals surface area contributed by atoms with E-state index in [9.17, 15) is 0 Å². The molecule has 1 aliphatic rings. The SMILES string of the molecule is CCc1cccc(C)c1NCC1CCCCCC1. The zero-order valence-electron chi connectivity index (χ0n) is 12.0. The van der Waals surface area contributed by atoms with Crippen molar-refractivity contribution in [2.45, 2.75) is 58.8 Å². The maximum Gasteiger partial charge on any atom is 0.0402 e. The fourth-order valence-corrected chi connectivity index (χ4v) is 3.09. The zero-order chi connectivity index (χ0) is 12.8. The van der Waals surface area contributed by atoms with Gasteiger partial charge in [-0.3, -0.25) is 0 Å². The molecule has 2 rings (SSSR count). The number of rotatable bonds is 4. The normalized spacial score (nSPS) is 17.4. The first-order chi connectivity index (χ1) is 8.81. The molecule has 0 radical (unpaired) electrons. The molecule has 1 aliphatic carbocycles. The highest BCUT2D eigenvalue weighted by molar-refractivity contribution is 5.57. The lowest BCUT2D eigenvalue weighted by Gasteiger charge is -2.19. The van der Waals surface area contributed by atoms with Crippen LogP contribution in [-0.2, 0) is 6.42 Å². The Morgan fingerprint density at radius 1 is 1.11 bits per heavy atom. The maximum atomic E-state index is 3.73. The monoisotopic (exact) mass is 245 g/mol. The molecule has 1 aromatic carbocycles. The number of anilines is 1. The van der Waals surface area contributed by atoms with Crippen molar-refractivity contribution in [1.29, 1.82) is 0 Å². The van der Waals surface area contributed by atoms with E-state index >= 15 is 0 Å². The molecule has 0 aromatic heterocycles. The van der Waals surface area contributed by atoms with Gasteiger partial charge in [-0.15, -0.1) is 0 Å². The second-order valence-electron chi connectivity index (χ2n) is 5.70. The third-order valence-corrected chi connectivity index (χ3v) is 4.28. The molecule has 0 heterocycles. The largest absolute Gasteiger partial charge is 0.384 e. The molecule has 0 amide bonds. The van der Waals surface area contributed by atoms with Crippen molar-refractivity contribution in [3.8, 4) is 0 Å². The van der Waals surface area contributed by atoms with Crippen LogP contribution < -0.4 is 5.32 Å². The number of nitrogens with one attached hydrogen (secondary N) is 1. The highest BCUT2D eigenvalue weighted by Gasteiger charge is 2.13. The highest BCUT2D eigenvalue weighted by atomic mass is 14.9. The minimum Gasteiger partial charge on any atom is -0.384 e. The lowest BCUT2D eigenvalue weighted by Crippen LogP contribution is -2.15. The molecular formula is C17H27N. The molecule has 0 bridgehead atoms. The molecule has 0 aliphatic heterocycles. The second-order valence-corrected chi connectivity index (χ2v) is 5.70. The number of hydrogen-bond donors (Lipinski definition) is 1. The predicted molar refractivity (Wildman–Crippen MR) is 80.2 cm³/mol. The van der Waals surface area contributed by atoms with Crippen molar-refractivity contribution in [2.24, 2.45) is 5.92 Å². The number of para-hydroxylation sites is 1. The van der Waals surface area contributed by atoms with Crippen LogP contribution in [-0.4, -0.2) is 6.54 Å². The summed E-state index contributed by atoms with van der Waals surface area (Å²) in [5.41, 5.74) is 4.25. The molecule has 1 N–H and O–H groups in total. The van der Waals surface area contributed by atoms with Crippen LogP contribution in [0.25, 0.3) is 0 Å². The quantitative estimate of drug-likeness (QED) is 0.741. The molecular weight excluding hydrogens is 218 g/mol. The van der Waals surface area contributed by atoms with E-state index in [1.807, 2.05) is 0 Å². The number of hydrogen-bond acceptors (Lipinski definition) is 1. The minimum atomic E-state index is 0.886. The molecule has 18 heavy (non-hydrogen) atoms. The van der Waals surface area contributed by atoms with Crippen molar-refractivity contribution in [2.75, 3.05) is 11.9 Å². The Balaban J connectivity index is 1.96. The van der Waals surface area contributed by atoms with Gasteiger partial charge < -0.3 is 5.32 Å². The second kappa shape index (κ2) is 6.82. The van der Waals surface area contributed by atoms with Crippen LogP contribution in [0.5, 0.6) is 0 Å². The lowest BCUT2D eigenvalue weighted by molar-refractivity contribution is 0.483. The molecule has 0 unspecified atom stereocenters. The Morgan fingerprint density at radius 2 is 1.83 bits per heavy atom. The highest BCUT2D eigenvalue weighted by Crippen LogP contribution is 2.25. The van der Waals surface area contributed by atoms with Crippen molar-refractivity contribution in [3.05, 3.63) is 29.3 Å². The van der Waals surface area contributed by atoms with Crippen molar-refractivity contribution >= 4 is 5.69 Å². The van der Waals surface area contributed by atoms with Gasteiger partial charge in [-0.05, 0) is 43.2 Å². The summed E-state index contributed by atoms with van der Waals surface area (Å²) in [5, 5.41) is 3.73. The van der Waals surface area contributed by atoms with Crippen LogP contribution in [0.3, 0.4) is 0 Å². The predicted octanol–water partition coefficient (Wildman–Crippen LogP) is 4.94. The molecule has 0 saturated heterocycles. The summed E-state index contributed by atoms with van der Waals surface area (Å²) in [6.07, 6.45) is 9.71. The van der Waals surface area contributed by atoms with Gasteiger partial charge in [0.05, 0.1) is 0 Å². The fourth-order valence-electron chi connectivity index (χ4n) is 3.09.